The Kier molecular flexibility index (Phi) is 18.4. The molecule has 0 amide bonds. The van der Waals surface area contributed by atoms with Crippen LogP contribution in [0.4, 0.5) is 0 Å². The molecule has 3 aromatic rings. The maximum atomic E-state index is 4.30. The van der Waals surface area contributed by atoms with Crippen LogP contribution in [-0.4, -0.2) is 15.0 Å². The summed E-state index contributed by atoms with van der Waals surface area (Å²) in [5, 5.41) is 0. The van der Waals surface area contributed by atoms with Crippen LogP contribution in [0.2, 0.25) is 0 Å². The molecule has 12 unspecified atom stereocenters. The Morgan fingerprint density at radius 2 is 0.677 bits per heavy atom. The Morgan fingerprint density at radius 3 is 1.02 bits per heavy atom. The van der Waals surface area contributed by atoms with Crippen molar-refractivity contribution in [2.45, 2.75) is 150 Å². The first-order valence-corrected chi connectivity index (χ1v) is 25.1. The van der Waals surface area contributed by atoms with Crippen molar-refractivity contribution in [2.75, 3.05) is 0 Å². The average Bonchev–Trinajstić information content (AvgIpc) is 3.33. The summed E-state index contributed by atoms with van der Waals surface area (Å²) >= 11 is 0. The standard InChI is InChI=1S/C59H81N3/c1-9-45-14-19-57(47(11-3)37-43(7)51-26-32-61-33-27-51)40-55(45)20-17-54-18-22-58(48(12-4)38-44(8)52-28-34-62-35-29-52)41-59(54)23-16-53-15-21-56(39-49(53)13-5)46(10-2)36-42(6)50-24-30-60-31-25-50/h14-15,18-19,21-22,24-35,39-49,53-55,59H,9-13,16-17,20,23,36-38H2,1-8H3. The molecule has 0 saturated heterocycles. The zero-order chi connectivity index (χ0) is 43.8. The molecule has 3 aliphatic carbocycles. The maximum absolute atomic E-state index is 4.30. The second kappa shape index (κ2) is 24.1. The van der Waals surface area contributed by atoms with Gasteiger partial charge in [-0.15, -0.1) is 0 Å². The first kappa shape index (κ1) is 47.4. The molecule has 12 atom stereocenters. The summed E-state index contributed by atoms with van der Waals surface area (Å²) in [6.45, 7) is 19.2. The third-order valence-corrected chi connectivity index (χ3v) is 15.7. The SMILES string of the molecule is CCC(CC(C)c1ccncc1)C1=CC(CC)C(CCC2C=C(C(CC)CC(C)c3ccncc3)C=CC2CCC2C=C(C(CC)CC(C)c3ccncc3)C=CC2CC)C=C1. The van der Waals surface area contributed by atoms with Crippen LogP contribution in [0.15, 0.2) is 145 Å². The van der Waals surface area contributed by atoms with E-state index in [1.54, 1.807) is 16.7 Å². The van der Waals surface area contributed by atoms with Gasteiger partial charge in [0.15, 0.2) is 0 Å². The van der Waals surface area contributed by atoms with Gasteiger partial charge >= 0.3 is 0 Å². The molecular formula is C59H81N3. The predicted molar refractivity (Wildman–Crippen MR) is 265 cm³/mol. The molecule has 3 heterocycles. The fourth-order valence-electron chi connectivity index (χ4n) is 11.5. The van der Waals surface area contributed by atoms with Gasteiger partial charge in [0, 0.05) is 37.2 Å². The number of hydrogen-bond donors (Lipinski definition) is 0. The second-order valence-electron chi connectivity index (χ2n) is 19.6. The number of pyridine rings is 3. The summed E-state index contributed by atoms with van der Waals surface area (Å²) in [7, 11) is 0. The number of hydrogen-bond acceptors (Lipinski definition) is 3. The van der Waals surface area contributed by atoms with Crippen molar-refractivity contribution in [1.82, 2.24) is 15.0 Å². The molecule has 0 radical (unpaired) electrons. The van der Waals surface area contributed by atoms with Gasteiger partial charge in [-0.2, -0.15) is 0 Å². The van der Waals surface area contributed by atoms with Gasteiger partial charge in [0.25, 0.3) is 0 Å². The van der Waals surface area contributed by atoms with E-state index in [1.807, 2.05) is 37.2 Å². The van der Waals surface area contributed by atoms with E-state index in [4.69, 9.17) is 0 Å². The van der Waals surface area contributed by atoms with Crippen LogP contribution in [0.1, 0.15) is 167 Å². The van der Waals surface area contributed by atoms with E-state index in [-0.39, 0.29) is 0 Å². The van der Waals surface area contributed by atoms with Crippen LogP contribution >= 0.6 is 0 Å². The highest BCUT2D eigenvalue weighted by atomic mass is 14.6. The Balaban J connectivity index is 1.17. The largest absolute Gasteiger partial charge is 0.265 e. The second-order valence-corrected chi connectivity index (χ2v) is 19.6. The number of nitrogens with zero attached hydrogens (tertiary/aromatic N) is 3. The summed E-state index contributed by atoms with van der Waals surface area (Å²) in [6, 6.07) is 13.2. The van der Waals surface area contributed by atoms with E-state index < -0.39 is 0 Å². The first-order valence-electron chi connectivity index (χ1n) is 25.1. The monoisotopic (exact) mass is 832 g/mol. The third-order valence-electron chi connectivity index (χ3n) is 15.7. The van der Waals surface area contributed by atoms with Crippen molar-refractivity contribution in [2.24, 2.45) is 53.3 Å². The van der Waals surface area contributed by atoms with Crippen molar-refractivity contribution < 1.29 is 0 Å². The molecule has 332 valence electrons. The molecule has 0 spiro atoms. The van der Waals surface area contributed by atoms with E-state index in [1.165, 1.54) is 93.7 Å². The topological polar surface area (TPSA) is 38.7 Å². The molecule has 0 aromatic carbocycles. The minimum absolute atomic E-state index is 0.512. The molecule has 3 aliphatic rings. The maximum Gasteiger partial charge on any atom is 0.0270 e. The van der Waals surface area contributed by atoms with Crippen LogP contribution < -0.4 is 0 Å². The normalized spacial score (nSPS) is 25.3. The molecule has 6 rings (SSSR count). The van der Waals surface area contributed by atoms with Gasteiger partial charge in [0.05, 0.1) is 0 Å². The van der Waals surface area contributed by atoms with Gasteiger partial charge in [-0.1, -0.05) is 110 Å². The molecular weight excluding hydrogens is 751 g/mol. The van der Waals surface area contributed by atoms with Crippen molar-refractivity contribution in [3.05, 3.63) is 162 Å². The number of rotatable bonds is 23. The molecule has 0 bridgehead atoms. The van der Waals surface area contributed by atoms with Crippen molar-refractivity contribution in [3.63, 3.8) is 0 Å². The lowest BCUT2D eigenvalue weighted by atomic mass is 9.71. The van der Waals surface area contributed by atoms with E-state index >= 15 is 0 Å². The summed E-state index contributed by atoms with van der Waals surface area (Å²) < 4.78 is 0. The third kappa shape index (κ3) is 12.8. The molecule has 62 heavy (non-hydrogen) atoms. The van der Waals surface area contributed by atoms with E-state index in [9.17, 15) is 0 Å². The number of aromatic nitrogens is 3. The van der Waals surface area contributed by atoms with Crippen LogP contribution in [0, 0.1) is 53.3 Å². The lowest BCUT2D eigenvalue weighted by Gasteiger charge is -2.34. The number of allylic oxidation sites excluding steroid dienone is 12. The molecule has 3 aromatic heterocycles. The quantitative estimate of drug-likeness (QED) is 0.0955. The van der Waals surface area contributed by atoms with Gasteiger partial charge in [-0.05, 0) is 218 Å². The molecule has 0 aliphatic heterocycles. The van der Waals surface area contributed by atoms with Crippen molar-refractivity contribution >= 4 is 0 Å². The fourth-order valence-corrected chi connectivity index (χ4v) is 11.5. The van der Waals surface area contributed by atoms with Crippen molar-refractivity contribution in [1.29, 1.82) is 0 Å². The summed E-state index contributed by atoms with van der Waals surface area (Å²) in [5.41, 5.74) is 8.95. The Morgan fingerprint density at radius 1 is 0.387 bits per heavy atom. The highest BCUT2D eigenvalue weighted by Gasteiger charge is 2.30. The van der Waals surface area contributed by atoms with Crippen molar-refractivity contribution in [3.8, 4) is 0 Å². The average molecular weight is 832 g/mol. The summed E-state index contributed by atoms with van der Waals surface area (Å²) in [6.07, 6.45) is 49.9. The molecule has 0 N–H and O–H groups in total. The summed E-state index contributed by atoms with van der Waals surface area (Å²) in [5.74, 6) is 6.93. The molecule has 3 heteroatoms. The van der Waals surface area contributed by atoms with Gasteiger partial charge < -0.3 is 0 Å². The zero-order valence-corrected chi connectivity index (χ0v) is 39.9. The predicted octanol–water partition coefficient (Wildman–Crippen LogP) is 16.4. The fraction of sp³-hybridized carbons (Fsp3) is 0.542. The van der Waals surface area contributed by atoms with Gasteiger partial charge in [-0.25, -0.2) is 0 Å². The van der Waals surface area contributed by atoms with E-state index in [0.29, 0.717) is 71.0 Å². The summed E-state index contributed by atoms with van der Waals surface area (Å²) in [4.78, 5) is 12.9. The zero-order valence-electron chi connectivity index (χ0n) is 39.9. The van der Waals surface area contributed by atoms with E-state index in [0.717, 1.165) is 0 Å². The van der Waals surface area contributed by atoms with Crippen LogP contribution in [0.5, 0.6) is 0 Å². The van der Waals surface area contributed by atoms with Gasteiger partial charge in [-0.3, -0.25) is 15.0 Å². The smallest absolute Gasteiger partial charge is 0.0270 e. The lowest BCUT2D eigenvalue weighted by Crippen LogP contribution is -2.23. The van der Waals surface area contributed by atoms with Crippen LogP contribution in [0.3, 0.4) is 0 Å². The van der Waals surface area contributed by atoms with Crippen LogP contribution in [0.25, 0.3) is 0 Å². The van der Waals surface area contributed by atoms with Crippen LogP contribution in [-0.2, 0) is 0 Å². The Labute approximate surface area is 378 Å². The molecule has 0 saturated carbocycles. The highest BCUT2D eigenvalue weighted by Crippen LogP contribution is 2.43. The van der Waals surface area contributed by atoms with Gasteiger partial charge in [0.2, 0.25) is 0 Å². The molecule has 3 nitrogen and oxygen atoms in total. The minimum atomic E-state index is 0.512. The first-order chi connectivity index (χ1) is 30.2. The Bertz CT molecular complexity index is 1950. The highest BCUT2D eigenvalue weighted by molar-refractivity contribution is 5.32. The van der Waals surface area contributed by atoms with Gasteiger partial charge in [0.1, 0.15) is 0 Å². The Hall–Kier alpha value is -4.11. The minimum Gasteiger partial charge on any atom is -0.265 e. The molecule has 0 fully saturated rings. The lowest BCUT2D eigenvalue weighted by molar-refractivity contribution is 0.315. The van der Waals surface area contributed by atoms with E-state index in [2.05, 4.69) is 161 Å².